The van der Waals surface area contributed by atoms with Crippen LogP contribution < -0.4 is 10.6 Å². The molecule has 0 saturated heterocycles. The van der Waals surface area contributed by atoms with Gasteiger partial charge in [0.1, 0.15) is 5.82 Å². The Balaban J connectivity index is 1.57. The first kappa shape index (κ1) is 15.7. The van der Waals surface area contributed by atoms with Crippen molar-refractivity contribution in [3.63, 3.8) is 0 Å². The molecule has 0 saturated carbocycles. The maximum Gasteiger partial charge on any atom is 0.228 e. The average molecular weight is 317 g/mol. The van der Waals surface area contributed by atoms with Crippen LogP contribution in [-0.2, 0) is 11.2 Å². The van der Waals surface area contributed by atoms with Gasteiger partial charge in [-0.25, -0.2) is 4.98 Å². The van der Waals surface area contributed by atoms with E-state index in [1.165, 1.54) is 5.56 Å². The molecule has 0 aliphatic carbocycles. The fourth-order valence-electron chi connectivity index (χ4n) is 2.31. The highest BCUT2D eigenvalue weighted by Gasteiger charge is 2.05. The topological polar surface area (TPSA) is 54.0 Å². The number of carbonyl (C=O) groups excluding carboxylic acids is 1. The monoisotopic (exact) mass is 317 g/mol. The predicted octanol–water partition coefficient (Wildman–Crippen LogP) is 4.31. The van der Waals surface area contributed by atoms with Crippen LogP contribution in [0, 0.1) is 6.92 Å². The van der Waals surface area contributed by atoms with Crippen molar-refractivity contribution in [2.24, 2.45) is 0 Å². The Morgan fingerprint density at radius 1 is 0.917 bits per heavy atom. The van der Waals surface area contributed by atoms with Crippen molar-refractivity contribution in [2.45, 2.75) is 13.3 Å². The van der Waals surface area contributed by atoms with E-state index in [9.17, 15) is 4.79 Å². The van der Waals surface area contributed by atoms with Gasteiger partial charge < -0.3 is 10.6 Å². The van der Waals surface area contributed by atoms with Crippen molar-refractivity contribution >= 4 is 23.1 Å². The molecule has 0 bridgehead atoms. The summed E-state index contributed by atoms with van der Waals surface area (Å²) in [6.45, 7) is 2.03. The number of nitrogens with one attached hydrogen (secondary N) is 2. The van der Waals surface area contributed by atoms with Crippen molar-refractivity contribution in [1.82, 2.24) is 4.98 Å². The summed E-state index contributed by atoms with van der Waals surface area (Å²) < 4.78 is 0. The highest BCUT2D eigenvalue weighted by molar-refractivity contribution is 5.92. The Bertz CT molecular complexity index is 797. The molecular formula is C20H19N3O. The Morgan fingerprint density at radius 2 is 1.67 bits per heavy atom. The van der Waals surface area contributed by atoms with Gasteiger partial charge in [-0.05, 0) is 36.8 Å². The molecule has 0 unspecified atom stereocenters. The van der Waals surface area contributed by atoms with Crippen LogP contribution in [-0.4, -0.2) is 10.9 Å². The number of nitrogens with zero attached hydrogens (tertiary/aromatic N) is 1. The number of pyridine rings is 1. The maximum absolute atomic E-state index is 12.1. The normalized spacial score (nSPS) is 10.2. The molecule has 4 heteroatoms. The van der Waals surface area contributed by atoms with Gasteiger partial charge in [0.25, 0.3) is 0 Å². The molecule has 0 spiro atoms. The van der Waals surface area contributed by atoms with Crippen LogP contribution in [0.4, 0.5) is 17.2 Å². The van der Waals surface area contributed by atoms with Crippen molar-refractivity contribution in [3.8, 4) is 0 Å². The number of hydrogen-bond acceptors (Lipinski definition) is 3. The lowest BCUT2D eigenvalue weighted by Crippen LogP contribution is -2.14. The van der Waals surface area contributed by atoms with Crippen LogP contribution in [0.15, 0.2) is 72.9 Å². The van der Waals surface area contributed by atoms with E-state index in [0.717, 1.165) is 17.1 Å². The number of rotatable bonds is 5. The summed E-state index contributed by atoms with van der Waals surface area (Å²) >= 11 is 0. The molecule has 24 heavy (non-hydrogen) atoms. The van der Waals surface area contributed by atoms with Gasteiger partial charge >= 0.3 is 0 Å². The largest absolute Gasteiger partial charge is 0.340 e. The Kier molecular flexibility index (Phi) is 4.87. The van der Waals surface area contributed by atoms with E-state index in [0.29, 0.717) is 12.1 Å². The molecule has 3 aromatic rings. The van der Waals surface area contributed by atoms with E-state index in [1.54, 1.807) is 6.20 Å². The minimum atomic E-state index is -0.0515. The number of benzene rings is 2. The quantitative estimate of drug-likeness (QED) is 0.737. The van der Waals surface area contributed by atoms with E-state index < -0.39 is 0 Å². The number of anilines is 3. The summed E-state index contributed by atoms with van der Waals surface area (Å²) in [6, 6.07) is 21.5. The van der Waals surface area contributed by atoms with Gasteiger partial charge in [-0.15, -0.1) is 0 Å². The standard InChI is InChI=1S/C20H19N3O/c1-15-7-9-16(10-8-15)13-20(24)23-18-11-12-19(21-14-18)22-17-5-3-2-4-6-17/h2-12,14H,13H2,1H3,(H,21,22)(H,23,24). The molecule has 3 rings (SSSR count). The Hall–Kier alpha value is -3.14. The second-order valence-corrected chi connectivity index (χ2v) is 5.63. The molecule has 2 N–H and O–H groups in total. The summed E-state index contributed by atoms with van der Waals surface area (Å²) in [5, 5.41) is 6.07. The maximum atomic E-state index is 12.1. The van der Waals surface area contributed by atoms with Crippen LogP contribution in [0.3, 0.4) is 0 Å². The van der Waals surface area contributed by atoms with Gasteiger partial charge in [-0.1, -0.05) is 48.0 Å². The zero-order valence-electron chi connectivity index (χ0n) is 13.5. The van der Waals surface area contributed by atoms with Crippen LogP contribution in [0.25, 0.3) is 0 Å². The molecule has 0 radical (unpaired) electrons. The number of carbonyl (C=O) groups is 1. The van der Waals surface area contributed by atoms with Gasteiger partial charge in [0.15, 0.2) is 0 Å². The summed E-state index contributed by atoms with van der Waals surface area (Å²) in [4.78, 5) is 16.4. The van der Waals surface area contributed by atoms with Gasteiger partial charge in [0.2, 0.25) is 5.91 Å². The second-order valence-electron chi connectivity index (χ2n) is 5.63. The zero-order chi connectivity index (χ0) is 16.8. The highest BCUT2D eigenvalue weighted by atomic mass is 16.1. The van der Waals surface area contributed by atoms with Gasteiger partial charge in [-0.2, -0.15) is 0 Å². The van der Waals surface area contributed by atoms with Crippen molar-refractivity contribution in [2.75, 3.05) is 10.6 Å². The van der Waals surface area contributed by atoms with Gasteiger partial charge in [0, 0.05) is 5.69 Å². The summed E-state index contributed by atoms with van der Waals surface area (Å²) in [5.41, 5.74) is 3.84. The lowest BCUT2D eigenvalue weighted by atomic mass is 10.1. The van der Waals surface area contributed by atoms with Crippen molar-refractivity contribution < 1.29 is 4.79 Å². The fraction of sp³-hybridized carbons (Fsp3) is 0.100. The average Bonchev–Trinajstić information content (AvgIpc) is 2.60. The summed E-state index contributed by atoms with van der Waals surface area (Å²) in [5.74, 6) is 0.683. The first-order valence-electron chi connectivity index (χ1n) is 7.82. The van der Waals surface area contributed by atoms with Crippen molar-refractivity contribution in [1.29, 1.82) is 0 Å². The third-order valence-corrected chi connectivity index (χ3v) is 3.58. The molecule has 120 valence electrons. The molecule has 1 heterocycles. The smallest absolute Gasteiger partial charge is 0.228 e. The van der Waals surface area contributed by atoms with E-state index >= 15 is 0 Å². The molecular weight excluding hydrogens is 298 g/mol. The first-order valence-corrected chi connectivity index (χ1v) is 7.82. The number of hydrogen-bond donors (Lipinski definition) is 2. The van der Waals surface area contributed by atoms with Gasteiger partial charge in [0.05, 0.1) is 18.3 Å². The van der Waals surface area contributed by atoms with E-state index in [2.05, 4.69) is 15.6 Å². The van der Waals surface area contributed by atoms with E-state index in [-0.39, 0.29) is 5.91 Å². The zero-order valence-corrected chi connectivity index (χ0v) is 13.5. The Labute approximate surface area is 141 Å². The molecule has 1 aromatic heterocycles. The summed E-state index contributed by atoms with van der Waals surface area (Å²) in [7, 11) is 0. The Morgan fingerprint density at radius 3 is 2.33 bits per heavy atom. The predicted molar refractivity (Wildman–Crippen MR) is 97.5 cm³/mol. The molecule has 4 nitrogen and oxygen atoms in total. The molecule has 0 atom stereocenters. The first-order chi connectivity index (χ1) is 11.7. The molecule has 0 aliphatic heterocycles. The number of para-hydroxylation sites is 1. The van der Waals surface area contributed by atoms with Gasteiger partial charge in [-0.3, -0.25) is 4.79 Å². The highest BCUT2D eigenvalue weighted by Crippen LogP contribution is 2.16. The van der Waals surface area contributed by atoms with Crippen LogP contribution in [0.1, 0.15) is 11.1 Å². The second kappa shape index (κ2) is 7.42. The lowest BCUT2D eigenvalue weighted by Gasteiger charge is -2.08. The lowest BCUT2D eigenvalue weighted by molar-refractivity contribution is -0.115. The molecule has 2 aromatic carbocycles. The molecule has 0 aliphatic rings. The third kappa shape index (κ3) is 4.43. The fourth-order valence-corrected chi connectivity index (χ4v) is 2.31. The van der Waals surface area contributed by atoms with Crippen LogP contribution in [0.2, 0.25) is 0 Å². The van der Waals surface area contributed by atoms with Crippen molar-refractivity contribution in [3.05, 3.63) is 84.1 Å². The van der Waals surface area contributed by atoms with E-state index in [4.69, 9.17) is 0 Å². The van der Waals surface area contributed by atoms with Crippen LogP contribution in [0.5, 0.6) is 0 Å². The number of aromatic nitrogens is 1. The van der Waals surface area contributed by atoms with E-state index in [1.807, 2.05) is 73.7 Å². The molecule has 1 amide bonds. The minimum Gasteiger partial charge on any atom is -0.340 e. The molecule has 0 fully saturated rings. The SMILES string of the molecule is Cc1ccc(CC(=O)Nc2ccc(Nc3ccccc3)nc2)cc1. The van der Waals surface area contributed by atoms with Crippen LogP contribution >= 0.6 is 0 Å². The number of amides is 1. The third-order valence-electron chi connectivity index (χ3n) is 3.58. The summed E-state index contributed by atoms with van der Waals surface area (Å²) in [6.07, 6.45) is 2.00. The minimum absolute atomic E-state index is 0.0515. The number of aryl methyl sites for hydroxylation is 1.